The first kappa shape index (κ1) is 24.8. The molecule has 2 heterocycles. The zero-order valence-electron chi connectivity index (χ0n) is 22.0. The summed E-state index contributed by atoms with van der Waals surface area (Å²) in [6.45, 7) is 9.20. The van der Waals surface area contributed by atoms with Gasteiger partial charge >= 0.3 is 0 Å². The van der Waals surface area contributed by atoms with Gasteiger partial charge in [-0.25, -0.2) is 0 Å². The number of unbranched alkanes of at least 4 members (excludes halogenated alkanes) is 2. The van der Waals surface area contributed by atoms with Gasteiger partial charge in [-0.2, -0.15) is 0 Å². The standard InChI is InChI=1S/C32H33NO4/c1-5-6-7-16-36-25-14-12-24(13-15-25)29-28-30(34)26-17-21(3)22(4)18-27(26)37-31(28)32(35)33(29)19-23-10-8-20(2)9-11-23/h8-15,17-18,29H,5-7,16,19H2,1-4H3. The van der Waals surface area contributed by atoms with Crippen molar-refractivity contribution in [3.05, 3.63) is 110 Å². The Bertz CT molecular complexity index is 1500. The van der Waals surface area contributed by atoms with E-state index >= 15 is 0 Å². The lowest BCUT2D eigenvalue weighted by molar-refractivity contribution is 0.0714. The predicted molar refractivity (Wildman–Crippen MR) is 146 cm³/mol. The Balaban J connectivity index is 1.58. The first-order chi connectivity index (χ1) is 17.9. The second-order valence-corrected chi connectivity index (χ2v) is 10.1. The molecule has 0 spiro atoms. The van der Waals surface area contributed by atoms with Crippen molar-refractivity contribution >= 4 is 16.9 Å². The third-order valence-electron chi connectivity index (χ3n) is 7.27. The van der Waals surface area contributed by atoms with Crippen molar-refractivity contribution in [1.29, 1.82) is 0 Å². The molecular weight excluding hydrogens is 462 g/mol. The summed E-state index contributed by atoms with van der Waals surface area (Å²) in [7, 11) is 0. The molecule has 1 amide bonds. The Hall–Kier alpha value is -3.86. The van der Waals surface area contributed by atoms with Gasteiger partial charge in [0.05, 0.1) is 23.6 Å². The van der Waals surface area contributed by atoms with Gasteiger partial charge in [0.2, 0.25) is 5.76 Å². The number of nitrogens with zero attached hydrogens (tertiary/aromatic N) is 1. The highest BCUT2D eigenvalue weighted by molar-refractivity contribution is 5.99. The molecule has 1 aliphatic heterocycles. The number of aryl methyl sites for hydroxylation is 3. The monoisotopic (exact) mass is 495 g/mol. The summed E-state index contributed by atoms with van der Waals surface area (Å²) in [5.41, 5.74) is 5.75. The van der Waals surface area contributed by atoms with Crippen LogP contribution < -0.4 is 10.2 Å². The molecule has 1 aliphatic rings. The van der Waals surface area contributed by atoms with E-state index < -0.39 is 6.04 Å². The van der Waals surface area contributed by atoms with Crippen molar-refractivity contribution in [3.8, 4) is 5.75 Å². The second-order valence-electron chi connectivity index (χ2n) is 10.1. The zero-order chi connectivity index (χ0) is 26.1. The highest BCUT2D eigenvalue weighted by atomic mass is 16.5. The number of benzene rings is 3. The number of hydrogen-bond acceptors (Lipinski definition) is 4. The van der Waals surface area contributed by atoms with Gasteiger partial charge in [-0.05, 0) is 73.7 Å². The van der Waals surface area contributed by atoms with Crippen molar-refractivity contribution in [2.24, 2.45) is 0 Å². The van der Waals surface area contributed by atoms with Crippen LogP contribution in [0.5, 0.6) is 5.75 Å². The minimum atomic E-state index is -0.541. The summed E-state index contributed by atoms with van der Waals surface area (Å²) in [4.78, 5) is 29.3. The SMILES string of the molecule is CCCCCOc1ccc(C2c3c(oc4cc(C)c(C)cc4c3=O)C(=O)N2Cc2ccc(C)cc2)cc1. The Morgan fingerprint density at radius 1 is 0.892 bits per heavy atom. The van der Waals surface area contributed by atoms with E-state index in [1.54, 1.807) is 4.90 Å². The quantitative estimate of drug-likeness (QED) is 0.246. The van der Waals surface area contributed by atoms with E-state index in [0.717, 1.165) is 52.8 Å². The van der Waals surface area contributed by atoms with Crippen LogP contribution in [-0.2, 0) is 6.54 Å². The van der Waals surface area contributed by atoms with Gasteiger partial charge in [0, 0.05) is 6.54 Å². The Morgan fingerprint density at radius 3 is 2.30 bits per heavy atom. The summed E-state index contributed by atoms with van der Waals surface area (Å²) in [6, 6.07) is 19.0. The molecule has 5 heteroatoms. The number of hydrogen-bond donors (Lipinski definition) is 0. The normalized spacial score (nSPS) is 14.9. The number of carbonyl (C=O) groups excluding carboxylic acids is 1. The van der Waals surface area contributed by atoms with E-state index in [2.05, 4.69) is 6.92 Å². The Kier molecular flexibility index (Phi) is 6.88. The Morgan fingerprint density at radius 2 is 1.59 bits per heavy atom. The summed E-state index contributed by atoms with van der Waals surface area (Å²) in [5, 5.41) is 0.507. The summed E-state index contributed by atoms with van der Waals surface area (Å²) in [5.74, 6) is 0.654. The number of ether oxygens (including phenoxy) is 1. The lowest BCUT2D eigenvalue weighted by Crippen LogP contribution is -2.29. The summed E-state index contributed by atoms with van der Waals surface area (Å²) < 4.78 is 12.1. The minimum absolute atomic E-state index is 0.137. The van der Waals surface area contributed by atoms with Crippen LogP contribution in [0.25, 0.3) is 11.0 Å². The van der Waals surface area contributed by atoms with E-state index in [1.165, 1.54) is 0 Å². The topological polar surface area (TPSA) is 59.8 Å². The minimum Gasteiger partial charge on any atom is -0.494 e. The maximum atomic E-state index is 13.9. The molecule has 3 aromatic carbocycles. The molecule has 0 saturated heterocycles. The van der Waals surface area contributed by atoms with Gasteiger partial charge in [0.1, 0.15) is 11.3 Å². The first-order valence-corrected chi connectivity index (χ1v) is 13.0. The molecule has 0 fully saturated rings. The smallest absolute Gasteiger partial charge is 0.291 e. The molecule has 0 aliphatic carbocycles. The lowest BCUT2D eigenvalue weighted by atomic mass is 9.97. The van der Waals surface area contributed by atoms with Crippen LogP contribution >= 0.6 is 0 Å². The lowest BCUT2D eigenvalue weighted by Gasteiger charge is -2.25. The molecule has 5 nitrogen and oxygen atoms in total. The number of amides is 1. The van der Waals surface area contributed by atoms with Crippen LogP contribution in [0.2, 0.25) is 0 Å². The largest absolute Gasteiger partial charge is 0.494 e. The number of carbonyl (C=O) groups is 1. The van der Waals surface area contributed by atoms with Gasteiger partial charge in [0.25, 0.3) is 5.91 Å². The van der Waals surface area contributed by atoms with Crippen molar-refractivity contribution in [3.63, 3.8) is 0 Å². The molecule has 1 unspecified atom stereocenters. The van der Waals surface area contributed by atoms with Gasteiger partial charge in [-0.3, -0.25) is 9.59 Å². The zero-order valence-corrected chi connectivity index (χ0v) is 22.0. The van der Waals surface area contributed by atoms with E-state index in [1.807, 2.05) is 81.4 Å². The van der Waals surface area contributed by atoms with Crippen LogP contribution in [0.15, 0.2) is 69.9 Å². The van der Waals surface area contributed by atoms with Crippen LogP contribution in [0.1, 0.15) is 76.2 Å². The molecule has 4 aromatic rings. The molecule has 0 N–H and O–H groups in total. The molecular formula is C32H33NO4. The molecule has 37 heavy (non-hydrogen) atoms. The van der Waals surface area contributed by atoms with Gasteiger partial charge < -0.3 is 14.1 Å². The summed E-state index contributed by atoms with van der Waals surface area (Å²) >= 11 is 0. The fourth-order valence-corrected chi connectivity index (χ4v) is 4.96. The first-order valence-electron chi connectivity index (χ1n) is 13.0. The third kappa shape index (κ3) is 4.78. The van der Waals surface area contributed by atoms with Gasteiger partial charge in [0.15, 0.2) is 5.43 Å². The highest BCUT2D eigenvalue weighted by Gasteiger charge is 2.42. The summed E-state index contributed by atoms with van der Waals surface area (Å²) in [6.07, 6.45) is 3.29. The number of rotatable bonds is 8. The van der Waals surface area contributed by atoms with E-state index in [-0.39, 0.29) is 17.1 Å². The average Bonchev–Trinajstić information content (AvgIpc) is 3.16. The number of fused-ring (bicyclic) bond motifs is 2. The van der Waals surface area contributed by atoms with Gasteiger partial charge in [-0.1, -0.05) is 61.7 Å². The molecule has 0 bridgehead atoms. The fraction of sp³-hybridized carbons (Fsp3) is 0.312. The van der Waals surface area contributed by atoms with Crippen molar-refractivity contribution in [1.82, 2.24) is 4.90 Å². The molecule has 5 rings (SSSR count). The Labute approximate surface area is 217 Å². The van der Waals surface area contributed by atoms with Crippen LogP contribution in [0.4, 0.5) is 0 Å². The molecule has 0 radical (unpaired) electrons. The maximum Gasteiger partial charge on any atom is 0.291 e. The van der Waals surface area contributed by atoms with Crippen molar-refractivity contribution in [2.45, 2.75) is 59.5 Å². The average molecular weight is 496 g/mol. The second kappa shape index (κ2) is 10.3. The molecule has 1 aromatic heterocycles. The maximum absolute atomic E-state index is 13.9. The molecule has 190 valence electrons. The van der Waals surface area contributed by atoms with Crippen molar-refractivity contribution in [2.75, 3.05) is 6.61 Å². The highest BCUT2D eigenvalue weighted by Crippen LogP contribution is 2.39. The van der Waals surface area contributed by atoms with Crippen molar-refractivity contribution < 1.29 is 13.9 Å². The van der Waals surface area contributed by atoms with E-state index in [9.17, 15) is 9.59 Å². The van der Waals surface area contributed by atoms with E-state index in [0.29, 0.717) is 29.7 Å². The van der Waals surface area contributed by atoms with Gasteiger partial charge in [-0.15, -0.1) is 0 Å². The predicted octanol–water partition coefficient (Wildman–Crippen LogP) is 7.03. The third-order valence-corrected chi connectivity index (χ3v) is 7.27. The molecule has 0 saturated carbocycles. The van der Waals surface area contributed by atoms with Crippen LogP contribution in [0.3, 0.4) is 0 Å². The van der Waals surface area contributed by atoms with Crippen LogP contribution in [-0.4, -0.2) is 17.4 Å². The molecule has 1 atom stereocenters. The fourth-order valence-electron chi connectivity index (χ4n) is 4.96. The van der Waals surface area contributed by atoms with E-state index in [4.69, 9.17) is 9.15 Å². The van der Waals surface area contributed by atoms with Crippen LogP contribution in [0, 0.1) is 20.8 Å².